The molecule has 0 amide bonds. The summed E-state index contributed by atoms with van der Waals surface area (Å²) in [5.41, 5.74) is 9.39. The van der Waals surface area contributed by atoms with Crippen molar-refractivity contribution < 1.29 is 4.39 Å². The van der Waals surface area contributed by atoms with Crippen molar-refractivity contribution >= 4 is 11.0 Å². The summed E-state index contributed by atoms with van der Waals surface area (Å²) in [6.45, 7) is 3.38. The normalized spacial score (nSPS) is 11.2. The number of hydrogen-bond acceptors (Lipinski definition) is 2. The molecule has 1 aromatic heterocycles. The van der Waals surface area contributed by atoms with Gasteiger partial charge in [-0.15, -0.1) is 0 Å². The predicted octanol–water partition coefficient (Wildman–Crippen LogP) is 3.24. The van der Waals surface area contributed by atoms with E-state index in [4.69, 9.17) is 5.73 Å². The zero-order valence-corrected chi connectivity index (χ0v) is 12.0. The van der Waals surface area contributed by atoms with Crippen LogP contribution in [0.2, 0.25) is 0 Å². The van der Waals surface area contributed by atoms with E-state index >= 15 is 0 Å². The van der Waals surface area contributed by atoms with Gasteiger partial charge in [0.25, 0.3) is 0 Å². The topological polar surface area (TPSA) is 43.8 Å². The smallest absolute Gasteiger partial charge is 0.126 e. The molecule has 108 valence electrons. The van der Waals surface area contributed by atoms with Crippen LogP contribution in [0.3, 0.4) is 0 Å². The average Bonchev–Trinajstić information content (AvgIpc) is 2.85. The third-order valence-electron chi connectivity index (χ3n) is 3.75. The Morgan fingerprint density at radius 1 is 1.19 bits per heavy atom. The maximum absolute atomic E-state index is 13.8. The van der Waals surface area contributed by atoms with Crippen molar-refractivity contribution in [3.05, 3.63) is 65.2 Å². The first-order valence-corrected chi connectivity index (χ1v) is 7.14. The Kier molecular flexibility index (Phi) is 3.71. The molecule has 2 aromatic carbocycles. The molecule has 0 atom stereocenters. The Labute approximate surface area is 123 Å². The first-order valence-electron chi connectivity index (χ1n) is 7.14. The van der Waals surface area contributed by atoms with Gasteiger partial charge in [0, 0.05) is 19.5 Å². The first kappa shape index (κ1) is 13.8. The number of rotatable bonds is 4. The van der Waals surface area contributed by atoms with Crippen molar-refractivity contribution in [2.75, 3.05) is 0 Å². The molecule has 1 heterocycles. The monoisotopic (exact) mass is 283 g/mol. The summed E-state index contributed by atoms with van der Waals surface area (Å²) < 4.78 is 16.0. The van der Waals surface area contributed by atoms with Crippen molar-refractivity contribution in [2.24, 2.45) is 5.73 Å². The molecule has 2 N–H and O–H groups in total. The van der Waals surface area contributed by atoms with E-state index < -0.39 is 0 Å². The minimum absolute atomic E-state index is 0.185. The summed E-state index contributed by atoms with van der Waals surface area (Å²) in [6.07, 6.45) is 0.493. The Bertz CT molecular complexity index is 777. The predicted molar refractivity (Wildman–Crippen MR) is 82.5 cm³/mol. The van der Waals surface area contributed by atoms with Gasteiger partial charge in [-0.1, -0.05) is 24.3 Å². The van der Waals surface area contributed by atoms with Crippen LogP contribution in [0, 0.1) is 5.82 Å². The minimum Gasteiger partial charge on any atom is -0.328 e. The summed E-state index contributed by atoms with van der Waals surface area (Å²) in [5.74, 6) is 0.696. The summed E-state index contributed by atoms with van der Waals surface area (Å²) in [7, 11) is 0. The number of hydrogen-bond donors (Lipinski definition) is 1. The lowest BCUT2D eigenvalue weighted by Gasteiger charge is -2.07. The molecule has 0 saturated heterocycles. The van der Waals surface area contributed by atoms with Crippen LogP contribution in [0.4, 0.5) is 4.39 Å². The van der Waals surface area contributed by atoms with E-state index in [1.165, 1.54) is 6.07 Å². The molecule has 3 rings (SSSR count). The van der Waals surface area contributed by atoms with E-state index in [-0.39, 0.29) is 5.82 Å². The van der Waals surface area contributed by atoms with Crippen molar-refractivity contribution in [3.63, 3.8) is 0 Å². The maximum atomic E-state index is 13.8. The van der Waals surface area contributed by atoms with Crippen molar-refractivity contribution in [3.8, 4) is 0 Å². The summed E-state index contributed by atoms with van der Waals surface area (Å²) >= 11 is 0. The fourth-order valence-corrected chi connectivity index (χ4v) is 2.65. The van der Waals surface area contributed by atoms with Gasteiger partial charge in [-0.3, -0.25) is 0 Å². The minimum atomic E-state index is -0.185. The SMILES string of the molecule is CCn1c(Cc2ccccc2F)nc2cc(CN)ccc21. The Morgan fingerprint density at radius 2 is 2.00 bits per heavy atom. The maximum Gasteiger partial charge on any atom is 0.126 e. The molecule has 4 heteroatoms. The molecule has 21 heavy (non-hydrogen) atoms. The van der Waals surface area contributed by atoms with Gasteiger partial charge in [0.1, 0.15) is 11.6 Å². The number of halogens is 1. The largest absolute Gasteiger partial charge is 0.328 e. The van der Waals surface area contributed by atoms with E-state index in [1.807, 2.05) is 24.3 Å². The van der Waals surface area contributed by atoms with Crippen LogP contribution in [0.25, 0.3) is 11.0 Å². The average molecular weight is 283 g/mol. The molecule has 0 fully saturated rings. The van der Waals surface area contributed by atoms with E-state index in [2.05, 4.69) is 16.5 Å². The van der Waals surface area contributed by atoms with Gasteiger partial charge >= 0.3 is 0 Å². The van der Waals surface area contributed by atoms with Crippen molar-refractivity contribution in [1.82, 2.24) is 9.55 Å². The summed E-state index contributed by atoms with van der Waals surface area (Å²) in [6, 6.07) is 12.9. The second-order valence-electron chi connectivity index (χ2n) is 5.07. The van der Waals surface area contributed by atoms with Gasteiger partial charge in [0.2, 0.25) is 0 Å². The molecule has 0 spiro atoms. The standard InChI is InChI=1S/C17H18FN3/c1-2-21-16-8-7-12(11-19)9-15(16)20-17(21)10-13-5-3-4-6-14(13)18/h3-9H,2,10-11,19H2,1H3. The molecule has 0 aliphatic heterocycles. The van der Waals surface area contributed by atoms with Crippen LogP contribution >= 0.6 is 0 Å². The van der Waals surface area contributed by atoms with Gasteiger partial charge in [-0.25, -0.2) is 9.37 Å². The second-order valence-corrected chi connectivity index (χ2v) is 5.07. The first-order chi connectivity index (χ1) is 10.2. The number of benzene rings is 2. The zero-order valence-electron chi connectivity index (χ0n) is 12.0. The van der Waals surface area contributed by atoms with Crippen LogP contribution in [0.1, 0.15) is 23.9 Å². The Balaban J connectivity index is 2.07. The lowest BCUT2D eigenvalue weighted by Crippen LogP contribution is -2.03. The van der Waals surface area contributed by atoms with Gasteiger partial charge in [-0.2, -0.15) is 0 Å². The molecule has 0 radical (unpaired) electrons. The van der Waals surface area contributed by atoms with Gasteiger partial charge in [0.15, 0.2) is 0 Å². The van der Waals surface area contributed by atoms with Crippen LogP contribution < -0.4 is 5.73 Å². The van der Waals surface area contributed by atoms with Crippen molar-refractivity contribution in [1.29, 1.82) is 0 Å². The third kappa shape index (κ3) is 2.54. The fourth-order valence-electron chi connectivity index (χ4n) is 2.65. The number of nitrogens with two attached hydrogens (primary N) is 1. The number of imidazole rings is 1. The molecule has 0 aliphatic rings. The fraction of sp³-hybridized carbons (Fsp3) is 0.235. The van der Waals surface area contributed by atoms with Crippen LogP contribution in [0.5, 0.6) is 0 Å². The van der Waals surface area contributed by atoms with E-state index in [0.29, 0.717) is 18.5 Å². The number of aryl methyl sites for hydroxylation is 1. The summed E-state index contributed by atoms with van der Waals surface area (Å²) in [4.78, 5) is 4.67. The highest BCUT2D eigenvalue weighted by Crippen LogP contribution is 2.21. The lowest BCUT2D eigenvalue weighted by molar-refractivity contribution is 0.608. The van der Waals surface area contributed by atoms with Gasteiger partial charge < -0.3 is 10.3 Å². The van der Waals surface area contributed by atoms with Crippen LogP contribution in [0.15, 0.2) is 42.5 Å². The van der Waals surface area contributed by atoms with Crippen LogP contribution in [-0.2, 0) is 19.5 Å². The van der Waals surface area contributed by atoms with Crippen molar-refractivity contribution in [2.45, 2.75) is 26.4 Å². The van der Waals surface area contributed by atoms with Gasteiger partial charge in [0.05, 0.1) is 11.0 Å². The molecule has 0 saturated carbocycles. The quantitative estimate of drug-likeness (QED) is 0.798. The van der Waals surface area contributed by atoms with E-state index in [0.717, 1.165) is 29.0 Å². The molecule has 0 unspecified atom stereocenters. The highest BCUT2D eigenvalue weighted by Gasteiger charge is 2.12. The molecular formula is C17H18FN3. The van der Waals surface area contributed by atoms with E-state index in [1.54, 1.807) is 12.1 Å². The second kappa shape index (κ2) is 5.66. The Morgan fingerprint density at radius 3 is 2.71 bits per heavy atom. The highest BCUT2D eigenvalue weighted by atomic mass is 19.1. The zero-order chi connectivity index (χ0) is 14.8. The number of aromatic nitrogens is 2. The molecule has 0 aliphatic carbocycles. The molecule has 3 nitrogen and oxygen atoms in total. The Hall–Kier alpha value is -2.20. The lowest BCUT2D eigenvalue weighted by atomic mass is 10.1. The molecular weight excluding hydrogens is 265 g/mol. The summed E-state index contributed by atoms with van der Waals surface area (Å²) in [5, 5.41) is 0. The van der Waals surface area contributed by atoms with E-state index in [9.17, 15) is 4.39 Å². The van der Waals surface area contributed by atoms with Gasteiger partial charge in [-0.05, 0) is 36.2 Å². The number of nitrogens with zero attached hydrogens (tertiary/aromatic N) is 2. The molecule has 0 bridgehead atoms. The highest BCUT2D eigenvalue weighted by molar-refractivity contribution is 5.77. The van der Waals surface area contributed by atoms with Crippen LogP contribution in [-0.4, -0.2) is 9.55 Å². The third-order valence-corrected chi connectivity index (χ3v) is 3.75. The number of fused-ring (bicyclic) bond motifs is 1. The molecule has 3 aromatic rings.